The number of amides is 1. The number of fused-ring (bicyclic) bond motifs is 1. The van der Waals surface area contributed by atoms with Crippen LogP contribution in [0.1, 0.15) is 22.8 Å². The van der Waals surface area contributed by atoms with Gasteiger partial charge >= 0.3 is 15.6 Å². The maximum absolute atomic E-state index is 12.7. The van der Waals surface area contributed by atoms with Crippen molar-refractivity contribution in [2.24, 2.45) is 5.73 Å². The third-order valence-electron chi connectivity index (χ3n) is 7.84. The first-order chi connectivity index (χ1) is 24.5. The molecule has 2 aliphatic heterocycles. The number of halogens is 1. The summed E-state index contributed by atoms with van der Waals surface area (Å²) in [6.45, 7) is -1.86. The van der Waals surface area contributed by atoms with Gasteiger partial charge in [-0.3, -0.25) is 18.4 Å². The summed E-state index contributed by atoms with van der Waals surface area (Å²) in [6, 6.07) is 9.55. The summed E-state index contributed by atoms with van der Waals surface area (Å²) in [6.07, 6.45) is -8.48. The second-order valence-corrected chi connectivity index (χ2v) is 15.9. The van der Waals surface area contributed by atoms with E-state index in [2.05, 4.69) is 19.3 Å². The third-order valence-corrected chi connectivity index (χ3v) is 11.7. The van der Waals surface area contributed by atoms with Gasteiger partial charge in [-0.15, -0.1) is 0 Å². The predicted octanol–water partition coefficient (Wildman–Crippen LogP) is -0.211. The van der Waals surface area contributed by atoms with Gasteiger partial charge < -0.3 is 51.2 Å². The van der Waals surface area contributed by atoms with Crippen molar-refractivity contribution in [3.05, 3.63) is 65.7 Å². The number of benzene rings is 1. The Morgan fingerprint density at radius 1 is 0.962 bits per heavy atom. The Labute approximate surface area is 301 Å². The first-order valence-corrected chi connectivity index (χ1v) is 19.1. The van der Waals surface area contributed by atoms with Gasteiger partial charge in [0.05, 0.1) is 13.2 Å². The SMILES string of the molecule is NC(=O)c1ccc[n+](C2OC(COP(=O)(O)OP(=O)(O)OCC3OC(n4c(Sc5ccc(Cl)cc5)nc5c(N)ncnc54)C(O)C3O)C(O)C2O)c1. The van der Waals surface area contributed by atoms with Crippen LogP contribution in [0.25, 0.3) is 11.2 Å². The molecule has 25 heteroatoms. The summed E-state index contributed by atoms with van der Waals surface area (Å²) < 4.78 is 53.1. The van der Waals surface area contributed by atoms with Gasteiger partial charge in [0.2, 0.25) is 0 Å². The van der Waals surface area contributed by atoms with Crippen LogP contribution >= 0.6 is 39.0 Å². The Bertz CT molecular complexity index is 2050. The largest absolute Gasteiger partial charge is 0.481 e. The molecular weight excluding hydrogens is 776 g/mol. The normalized spacial score (nSPS) is 28.5. The minimum atomic E-state index is -5.44. The zero-order valence-corrected chi connectivity index (χ0v) is 29.6. The minimum absolute atomic E-state index is 0.0162. The Hall–Kier alpha value is -3.15. The zero-order valence-electron chi connectivity index (χ0n) is 26.2. The van der Waals surface area contributed by atoms with Crippen LogP contribution in [0.2, 0.25) is 5.02 Å². The molecule has 0 bridgehead atoms. The summed E-state index contributed by atoms with van der Waals surface area (Å²) in [5.74, 6) is -0.755. The fourth-order valence-electron chi connectivity index (χ4n) is 5.32. The van der Waals surface area contributed by atoms with Gasteiger partial charge in [-0.25, -0.2) is 24.1 Å². The van der Waals surface area contributed by atoms with Crippen LogP contribution in [0, 0.1) is 0 Å². The fraction of sp³-hybridized carbons (Fsp3) is 0.370. The van der Waals surface area contributed by atoms with E-state index in [1.165, 1.54) is 33.7 Å². The highest BCUT2D eigenvalue weighted by molar-refractivity contribution is 7.99. The number of imidazole rings is 1. The number of nitrogens with two attached hydrogens (primary N) is 2. The van der Waals surface area contributed by atoms with Crippen molar-refractivity contribution in [3.63, 3.8) is 0 Å². The number of hydrogen-bond acceptors (Lipinski definition) is 17. The molecule has 5 heterocycles. The van der Waals surface area contributed by atoms with E-state index in [0.717, 1.165) is 18.1 Å². The third kappa shape index (κ3) is 8.31. The molecule has 0 aliphatic carbocycles. The number of pyridine rings is 1. The molecule has 1 aromatic carbocycles. The van der Waals surface area contributed by atoms with E-state index in [9.17, 15) is 44.1 Å². The molecule has 10 atom stereocenters. The molecule has 10 unspecified atom stereocenters. The number of phosphoric acid groups is 2. The van der Waals surface area contributed by atoms with Crippen LogP contribution in [0.4, 0.5) is 5.82 Å². The number of rotatable bonds is 13. The number of aliphatic hydroxyl groups excluding tert-OH is 4. The minimum Gasteiger partial charge on any atom is -0.387 e. The number of ether oxygens (including phenoxy) is 2. The van der Waals surface area contributed by atoms with Crippen molar-refractivity contribution in [1.82, 2.24) is 19.5 Å². The molecule has 2 aliphatic rings. The molecule has 0 radical (unpaired) electrons. The molecule has 6 rings (SSSR count). The van der Waals surface area contributed by atoms with Crippen molar-refractivity contribution in [3.8, 4) is 0 Å². The second kappa shape index (κ2) is 15.3. The van der Waals surface area contributed by atoms with Crippen LogP contribution in [-0.2, 0) is 32.0 Å². The number of phosphoric ester groups is 2. The monoisotopic (exact) mass is 806 g/mol. The highest BCUT2D eigenvalue weighted by atomic mass is 35.5. The predicted molar refractivity (Wildman–Crippen MR) is 175 cm³/mol. The van der Waals surface area contributed by atoms with Crippen LogP contribution in [0.15, 0.2) is 65.2 Å². The average Bonchev–Trinajstić information content (AvgIpc) is 3.70. The Balaban J connectivity index is 1.09. The number of anilines is 1. The fourth-order valence-corrected chi connectivity index (χ4v) is 8.44. The van der Waals surface area contributed by atoms with Crippen molar-refractivity contribution in [2.45, 2.75) is 59.1 Å². The van der Waals surface area contributed by atoms with Crippen LogP contribution < -0.4 is 16.0 Å². The van der Waals surface area contributed by atoms with Crippen molar-refractivity contribution >= 4 is 61.9 Å². The standard InChI is InChI=1S/C27H30ClN7O14P2S/c28-13-3-5-14(6-4-13)52-27-33-17-22(29)31-11-32-24(17)35(27)26-21(39)19(37)16(48-26)10-46-51(43,44)49-50(41,42)45-9-15-18(36)20(38)25(47-15)34-7-1-2-12(8-34)23(30)40/h1-8,11,15-16,18-21,25-26,36-39H,9-10H2,(H5-,29,30,31,32,40,41,42,43,44)/p+1. The van der Waals surface area contributed by atoms with Gasteiger partial charge in [-0.2, -0.15) is 8.88 Å². The summed E-state index contributed by atoms with van der Waals surface area (Å²) in [4.78, 5) is 45.2. The molecule has 21 nitrogen and oxygen atoms in total. The van der Waals surface area contributed by atoms with Crippen molar-refractivity contribution in [1.29, 1.82) is 0 Å². The van der Waals surface area contributed by atoms with Gasteiger partial charge in [0.1, 0.15) is 42.4 Å². The molecule has 280 valence electrons. The number of nitrogens with zero attached hydrogens (tertiary/aromatic N) is 5. The quantitative estimate of drug-likeness (QED) is 0.0640. The summed E-state index contributed by atoms with van der Waals surface area (Å²) in [7, 11) is -10.9. The smallest absolute Gasteiger partial charge is 0.387 e. The molecule has 0 spiro atoms. The lowest BCUT2D eigenvalue weighted by Crippen LogP contribution is -2.46. The number of hydrogen-bond donors (Lipinski definition) is 8. The lowest BCUT2D eigenvalue weighted by Gasteiger charge is -2.20. The molecule has 1 amide bonds. The Morgan fingerprint density at radius 2 is 1.60 bits per heavy atom. The second-order valence-electron chi connectivity index (χ2n) is 11.4. The van der Waals surface area contributed by atoms with E-state index in [0.29, 0.717) is 9.92 Å². The lowest BCUT2D eigenvalue weighted by molar-refractivity contribution is -0.765. The first kappa shape index (κ1) is 38.6. The topological polar surface area (TPSA) is 318 Å². The van der Waals surface area contributed by atoms with Crippen molar-refractivity contribution in [2.75, 3.05) is 18.9 Å². The van der Waals surface area contributed by atoms with Crippen LogP contribution in [-0.4, -0.2) is 105 Å². The molecule has 2 fully saturated rings. The molecule has 2 saturated heterocycles. The molecule has 0 saturated carbocycles. The van der Waals surface area contributed by atoms with Crippen LogP contribution in [0.5, 0.6) is 0 Å². The molecule has 10 N–H and O–H groups in total. The lowest BCUT2D eigenvalue weighted by atomic mass is 10.1. The molecule has 4 aromatic rings. The highest BCUT2D eigenvalue weighted by Crippen LogP contribution is 2.61. The molecule has 3 aromatic heterocycles. The van der Waals surface area contributed by atoms with E-state index in [4.69, 9.17) is 41.6 Å². The van der Waals surface area contributed by atoms with Gasteiger partial charge in [0.15, 0.2) is 46.9 Å². The number of carbonyl (C=O) groups excluding carboxylic acids is 1. The van der Waals surface area contributed by atoms with Gasteiger partial charge in [-0.1, -0.05) is 23.4 Å². The maximum Gasteiger partial charge on any atom is 0.481 e. The van der Waals surface area contributed by atoms with Gasteiger partial charge in [-0.05, 0) is 30.3 Å². The first-order valence-electron chi connectivity index (χ1n) is 14.9. The van der Waals surface area contributed by atoms with Crippen LogP contribution in [0.3, 0.4) is 0 Å². The van der Waals surface area contributed by atoms with E-state index < -0.39 is 83.8 Å². The number of nitrogen functional groups attached to an aromatic ring is 1. The van der Waals surface area contributed by atoms with E-state index in [1.54, 1.807) is 24.3 Å². The number of aromatic nitrogens is 5. The van der Waals surface area contributed by atoms with E-state index in [-0.39, 0.29) is 27.7 Å². The van der Waals surface area contributed by atoms with E-state index in [1.807, 2.05) is 0 Å². The number of carbonyl (C=O) groups is 1. The molecule has 52 heavy (non-hydrogen) atoms. The highest BCUT2D eigenvalue weighted by Gasteiger charge is 2.50. The van der Waals surface area contributed by atoms with Gasteiger partial charge in [0.25, 0.3) is 12.1 Å². The Morgan fingerprint density at radius 3 is 2.25 bits per heavy atom. The van der Waals surface area contributed by atoms with E-state index >= 15 is 0 Å². The average molecular weight is 807 g/mol. The summed E-state index contributed by atoms with van der Waals surface area (Å²) >= 11 is 7.12. The zero-order chi connectivity index (χ0) is 37.5. The Kier molecular flexibility index (Phi) is 11.3. The summed E-state index contributed by atoms with van der Waals surface area (Å²) in [5.41, 5.74) is 11.6. The molecular formula is C27H31ClN7O14P2S+. The van der Waals surface area contributed by atoms with Crippen molar-refractivity contribution < 1.29 is 71.5 Å². The summed E-state index contributed by atoms with van der Waals surface area (Å²) in [5, 5.41) is 43.4. The number of aliphatic hydroxyl groups is 4. The maximum atomic E-state index is 12.7. The van der Waals surface area contributed by atoms with Gasteiger partial charge in [0, 0.05) is 16.0 Å². The number of primary amides is 1.